The predicted octanol–water partition coefficient (Wildman–Crippen LogP) is 3.10. The summed E-state index contributed by atoms with van der Waals surface area (Å²) in [4.78, 5) is 8.54. The molecule has 2 N–H and O–H groups in total. The van der Waals surface area contributed by atoms with Gasteiger partial charge in [-0.1, -0.05) is 32.0 Å². The normalized spacial score (nSPS) is 12.9. The van der Waals surface area contributed by atoms with Crippen LogP contribution in [0.25, 0.3) is 10.9 Å². The molecule has 1 aromatic carbocycles. The summed E-state index contributed by atoms with van der Waals surface area (Å²) in [6, 6.07) is 7.97. The van der Waals surface area contributed by atoms with E-state index in [1.807, 2.05) is 24.3 Å². The lowest BCUT2D eigenvalue weighted by Crippen LogP contribution is -2.00. The van der Waals surface area contributed by atoms with Gasteiger partial charge in [0, 0.05) is 10.6 Å². The highest BCUT2D eigenvalue weighted by atomic mass is 32.2. The number of nitrogen functional groups attached to an aromatic ring is 1. The number of thioether (sulfide) groups is 1. The van der Waals surface area contributed by atoms with Gasteiger partial charge >= 0.3 is 0 Å². The molecule has 0 aliphatic rings. The molecule has 1 atom stereocenters. The van der Waals surface area contributed by atoms with Crippen LogP contribution in [0.15, 0.2) is 29.3 Å². The van der Waals surface area contributed by atoms with Gasteiger partial charge in [0.15, 0.2) is 0 Å². The SMILES string of the molecule is CCC(C)Sc1nc(N)nc2ccccc12. The number of rotatable bonds is 3. The van der Waals surface area contributed by atoms with Crippen LogP contribution in [0.2, 0.25) is 0 Å². The molecule has 16 heavy (non-hydrogen) atoms. The molecule has 0 bridgehead atoms. The van der Waals surface area contributed by atoms with Crippen LogP contribution in [0.4, 0.5) is 5.95 Å². The Kier molecular flexibility index (Phi) is 3.29. The number of benzene rings is 1. The Balaban J connectivity index is 2.50. The fourth-order valence-corrected chi connectivity index (χ4v) is 2.42. The monoisotopic (exact) mass is 233 g/mol. The molecule has 0 saturated carbocycles. The first kappa shape index (κ1) is 11.2. The van der Waals surface area contributed by atoms with Crippen molar-refractivity contribution in [1.82, 2.24) is 9.97 Å². The van der Waals surface area contributed by atoms with Crippen molar-refractivity contribution < 1.29 is 0 Å². The average molecular weight is 233 g/mol. The fraction of sp³-hybridized carbons (Fsp3) is 0.333. The summed E-state index contributed by atoms with van der Waals surface area (Å²) in [5, 5.41) is 2.61. The van der Waals surface area contributed by atoms with E-state index in [0.717, 1.165) is 22.3 Å². The molecule has 3 nitrogen and oxygen atoms in total. The van der Waals surface area contributed by atoms with Gasteiger partial charge in [-0.3, -0.25) is 0 Å². The minimum absolute atomic E-state index is 0.351. The van der Waals surface area contributed by atoms with Crippen molar-refractivity contribution in [3.63, 3.8) is 0 Å². The summed E-state index contributed by atoms with van der Waals surface area (Å²) >= 11 is 1.76. The van der Waals surface area contributed by atoms with Crippen molar-refractivity contribution in [1.29, 1.82) is 0 Å². The number of aromatic nitrogens is 2. The number of fused-ring (bicyclic) bond motifs is 1. The Morgan fingerprint density at radius 3 is 2.81 bits per heavy atom. The number of para-hydroxylation sites is 1. The van der Waals surface area contributed by atoms with Gasteiger partial charge in [-0.15, -0.1) is 11.8 Å². The Hall–Kier alpha value is -1.29. The van der Waals surface area contributed by atoms with Gasteiger partial charge in [0.05, 0.1) is 5.52 Å². The van der Waals surface area contributed by atoms with E-state index < -0.39 is 0 Å². The van der Waals surface area contributed by atoms with Crippen LogP contribution >= 0.6 is 11.8 Å². The van der Waals surface area contributed by atoms with E-state index >= 15 is 0 Å². The van der Waals surface area contributed by atoms with Gasteiger partial charge in [-0.25, -0.2) is 9.97 Å². The second-order valence-corrected chi connectivity index (χ2v) is 5.17. The average Bonchev–Trinajstić information content (AvgIpc) is 2.28. The molecule has 0 radical (unpaired) electrons. The fourth-order valence-electron chi connectivity index (χ4n) is 1.43. The largest absolute Gasteiger partial charge is 0.368 e. The molecule has 0 fully saturated rings. The van der Waals surface area contributed by atoms with Crippen LogP contribution in [-0.2, 0) is 0 Å². The van der Waals surface area contributed by atoms with E-state index in [2.05, 4.69) is 23.8 Å². The molecule has 84 valence electrons. The van der Waals surface area contributed by atoms with E-state index in [1.54, 1.807) is 11.8 Å². The Labute approximate surface area is 99.5 Å². The van der Waals surface area contributed by atoms with Crippen molar-refractivity contribution in [2.45, 2.75) is 30.5 Å². The standard InChI is InChI=1S/C12H15N3S/c1-3-8(2)16-11-9-6-4-5-7-10(9)14-12(13)15-11/h4-8H,3H2,1-2H3,(H2,13,14,15). The third-order valence-electron chi connectivity index (χ3n) is 2.47. The second kappa shape index (κ2) is 4.70. The van der Waals surface area contributed by atoms with Gasteiger partial charge in [-0.2, -0.15) is 0 Å². The van der Waals surface area contributed by atoms with Gasteiger partial charge in [0.25, 0.3) is 0 Å². The van der Waals surface area contributed by atoms with Crippen LogP contribution < -0.4 is 5.73 Å². The molecule has 0 aliphatic carbocycles. The lowest BCUT2D eigenvalue weighted by Gasteiger charge is -2.10. The van der Waals surface area contributed by atoms with E-state index in [1.165, 1.54) is 0 Å². The van der Waals surface area contributed by atoms with Gasteiger partial charge < -0.3 is 5.73 Å². The Bertz CT molecular complexity index is 499. The maximum absolute atomic E-state index is 5.71. The summed E-state index contributed by atoms with van der Waals surface area (Å²) in [7, 11) is 0. The highest BCUT2D eigenvalue weighted by Gasteiger charge is 2.09. The van der Waals surface area contributed by atoms with Crippen LogP contribution in [0.5, 0.6) is 0 Å². The smallest absolute Gasteiger partial charge is 0.221 e. The highest BCUT2D eigenvalue weighted by Crippen LogP contribution is 2.29. The molecule has 0 spiro atoms. The summed E-state index contributed by atoms with van der Waals surface area (Å²) in [6.45, 7) is 4.36. The summed E-state index contributed by atoms with van der Waals surface area (Å²) < 4.78 is 0. The van der Waals surface area contributed by atoms with Crippen LogP contribution in [0.1, 0.15) is 20.3 Å². The van der Waals surface area contributed by atoms with Gasteiger partial charge in [-0.05, 0) is 12.5 Å². The quantitative estimate of drug-likeness (QED) is 0.653. The molecule has 2 aromatic rings. The molecule has 0 amide bonds. The Morgan fingerprint density at radius 2 is 2.06 bits per heavy atom. The second-order valence-electron chi connectivity index (χ2n) is 3.74. The molecule has 0 saturated heterocycles. The molecule has 1 unspecified atom stereocenters. The topological polar surface area (TPSA) is 51.8 Å². The first-order valence-corrected chi connectivity index (χ1v) is 6.27. The summed E-state index contributed by atoms with van der Waals surface area (Å²) in [6.07, 6.45) is 1.11. The maximum atomic E-state index is 5.71. The summed E-state index contributed by atoms with van der Waals surface area (Å²) in [5.41, 5.74) is 6.62. The van der Waals surface area contributed by atoms with Crippen LogP contribution in [0.3, 0.4) is 0 Å². The van der Waals surface area contributed by atoms with E-state index in [9.17, 15) is 0 Å². The van der Waals surface area contributed by atoms with E-state index in [-0.39, 0.29) is 0 Å². The molecule has 4 heteroatoms. The number of anilines is 1. The van der Waals surface area contributed by atoms with Crippen LogP contribution in [0, 0.1) is 0 Å². The molecular weight excluding hydrogens is 218 g/mol. The van der Waals surface area contributed by atoms with Crippen LogP contribution in [-0.4, -0.2) is 15.2 Å². The zero-order valence-electron chi connectivity index (χ0n) is 9.47. The minimum Gasteiger partial charge on any atom is -0.368 e. The van der Waals surface area contributed by atoms with Crippen molar-refractivity contribution >= 4 is 28.6 Å². The third kappa shape index (κ3) is 2.27. The first-order chi connectivity index (χ1) is 7.70. The first-order valence-electron chi connectivity index (χ1n) is 5.39. The summed E-state index contributed by atoms with van der Waals surface area (Å²) in [5.74, 6) is 0.351. The number of hydrogen-bond donors (Lipinski definition) is 1. The van der Waals surface area contributed by atoms with Crippen molar-refractivity contribution in [2.75, 3.05) is 5.73 Å². The highest BCUT2D eigenvalue weighted by molar-refractivity contribution is 8.00. The molecular formula is C12H15N3S. The van der Waals surface area contributed by atoms with E-state index in [4.69, 9.17) is 5.73 Å². The van der Waals surface area contributed by atoms with Gasteiger partial charge in [0.1, 0.15) is 5.03 Å². The predicted molar refractivity (Wildman–Crippen MR) is 69.6 cm³/mol. The number of hydrogen-bond acceptors (Lipinski definition) is 4. The lowest BCUT2D eigenvalue weighted by molar-refractivity contribution is 0.902. The van der Waals surface area contributed by atoms with Crippen molar-refractivity contribution in [3.05, 3.63) is 24.3 Å². The number of nitrogens with two attached hydrogens (primary N) is 1. The van der Waals surface area contributed by atoms with Crippen molar-refractivity contribution in [2.24, 2.45) is 0 Å². The van der Waals surface area contributed by atoms with Crippen molar-refractivity contribution in [3.8, 4) is 0 Å². The minimum atomic E-state index is 0.351. The van der Waals surface area contributed by atoms with E-state index in [0.29, 0.717) is 11.2 Å². The third-order valence-corrected chi connectivity index (χ3v) is 3.74. The molecule has 1 heterocycles. The maximum Gasteiger partial charge on any atom is 0.221 e. The number of nitrogens with zero attached hydrogens (tertiary/aromatic N) is 2. The zero-order chi connectivity index (χ0) is 11.5. The lowest BCUT2D eigenvalue weighted by atomic mass is 10.2. The molecule has 0 aliphatic heterocycles. The Morgan fingerprint density at radius 1 is 1.31 bits per heavy atom. The molecule has 2 rings (SSSR count). The van der Waals surface area contributed by atoms with Gasteiger partial charge in [0.2, 0.25) is 5.95 Å². The zero-order valence-corrected chi connectivity index (χ0v) is 10.3. The molecule has 1 aromatic heterocycles.